The van der Waals surface area contributed by atoms with Crippen LogP contribution >= 0.6 is 0 Å². The average Bonchev–Trinajstić information content (AvgIpc) is 3.11. The van der Waals surface area contributed by atoms with Crippen molar-refractivity contribution >= 4 is 17.5 Å². The second-order valence-electron chi connectivity index (χ2n) is 6.76. The van der Waals surface area contributed by atoms with Crippen molar-refractivity contribution in [2.75, 3.05) is 23.3 Å². The molecule has 0 bridgehead atoms. The van der Waals surface area contributed by atoms with Gasteiger partial charge in [-0.25, -0.2) is 9.67 Å². The van der Waals surface area contributed by atoms with Crippen LogP contribution in [0.25, 0.3) is 0 Å². The quantitative estimate of drug-likeness (QED) is 0.917. The fraction of sp³-hybridized carbons (Fsp3) is 0.500. The summed E-state index contributed by atoms with van der Waals surface area (Å²) < 4.78 is 1.93. The summed E-state index contributed by atoms with van der Waals surface area (Å²) in [7, 11) is 0. The van der Waals surface area contributed by atoms with E-state index in [0.29, 0.717) is 17.5 Å². The minimum Gasteiger partial charge on any atom is -0.356 e. The molecule has 2 aromatic rings. The molecule has 1 saturated heterocycles. The molecule has 1 amide bonds. The highest BCUT2D eigenvalue weighted by molar-refractivity contribution is 6.07. The number of anilines is 2. The van der Waals surface area contributed by atoms with Crippen molar-refractivity contribution in [3.05, 3.63) is 36.2 Å². The predicted octanol–water partition coefficient (Wildman–Crippen LogP) is 3.10. The molecule has 1 saturated carbocycles. The summed E-state index contributed by atoms with van der Waals surface area (Å²) in [6.45, 7) is 4.10. The molecule has 0 aromatic carbocycles. The Balaban J connectivity index is 1.56. The lowest BCUT2D eigenvalue weighted by Gasteiger charge is -2.20. The molecule has 1 unspecified atom stereocenters. The number of aromatic nitrogens is 3. The van der Waals surface area contributed by atoms with Crippen LogP contribution in [-0.2, 0) is 0 Å². The van der Waals surface area contributed by atoms with Gasteiger partial charge in [-0.1, -0.05) is 0 Å². The number of carbonyl (C=O) groups excluding carboxylic acids is 1. The van der Waals surface area contributed by atoms with Gasteiger partial charge in [0.2, 0.25) is 0 Å². The van der Waals surface area contributed by atoms with Gasteiger partial charge in [0.1, 0.15) is 11.6 Å². The second-order valence-corrected chi connectivity index (χ2v) is 6.76. The Kier molecular flexibility index (Phi) is 3.96. The molecule has 2 aromatic heterocycles. The van der Waals surface area contributed by atoms with Crippen molar-refractivity contribution in [2.24, 2.45) is 5.92 Å². The monoisotopic (exact) mass is 325 g/mol. The third-order valence-corrected chi connectivity index (χ3v) is 5.04. The van der Waals surface area contributed by atoms with E-state index in [4.69, 9.17) is 0 Å². The van der Waals surface area contributed by atoms with E-state index in [2.05, 4.69) is 27.2 Å². The van der Waals surface area contributed by atoms with E-state index in [1.165, 1.54) is 12.8 Å². The zero-order chi connectivity index (χ0) is 16.5. The van der Waals surface area contributed by atoms with E-state index in [0.717, 1.165) is 37.6 Å². The predicted molar refractivity (Wildman–Crippen MR) is 93.3 cm³/mol. The van der Waals surface area contributed by atoms with Crippen molar-refractivity contribution in [1.29, 1.82) is 0 Å². The summed E-state index contributed by atoms with van der Waals surface area (Å²) in [5, 5.41) is 7.43. The van der Waals surface area contributed by atoms with Crippen LogP contribution in [0, 0.1) is 5.92 Å². The number of hydrogen-bond donors (Lipinski definition) is 1. The second kappa shape index (κ2) is 6.26. The molecule has 1 N–H and O–H groups in total. The van der Waals surface area contributed by atoms with Crippen LogP contribution in [0.1, 0.15) is 49.0 Å². The fourth-order valence-electron chi connectivity index (χ4n) is 3.45. The third kappa shape index (κ3) is 2.88. The summed E-state index contributed by atoms with van der Waals surface area (Å²) in [5.41, 5.74) is 0.631. The number of carbonyl (C=O) groups is 1. The normalized spacial score (nSPS) is 18.6. The van der Waals surface area contributed by atoms with Crippen LogP contribution in [0.2, 0.25) is 0 Å². The number of hydrogen-bond acceptors (Lipinski definition) is 4. The molecule has 4 rings (SSSR count). The molecule has 6 heteroatoms. The number of nitrogens with one attached hydrogen (secondary N) is 1. The third-order valence-electron chi connectivity index (χ3n) is 5.04. The first-order valence-electron chi connectivity index (χ1n) is 8.79. The first-order valence-corrected chi connectivity index (χ1v) is 8.79. The first kappa shape index (κ1) is 15.2. The van der Waals surface area contributed by atoms with E-state index in [1.54, 1.807) is 12.4 Å². The molecule has 0 spiro atoms. The Morgan fingerprint density at radius 2 is 2.04 bits per heavy atom. The molecule has 3 heterocycles. The lowest BCUT2D eigenvalue weighted by Crippen LogP contribution is -2.25. The molecule has 126 valence electrons. The summed E-state index contributed by atoms with van der Waals surface area (Å²) in [6, 6.07) is 5.85. The van der Waals surface area contributed by atoms with Crippen molar-refractivity contribution in [2.45, 2.75) is 38.6 Å². The van der Waals surface area contributed by atoms with Gasteiger partial charge in [0.05, 0.1) is 17.8 Å². The lowest BCUT2D eigenvalue weighted by molar-refractivity contribution is 0.102. The van der Waals surface area contributed by atoms with Gasteiger partial charge in [0.25, 0.3) is 5.91 Å². The van der Waals surface area contributed by atoms with Crippen LogP contribution in [-0.4, -0.2) is 33.8 Å². The van der Waals surface area contributed by atoms with Crippen molar-refractivity contribution < 1.29 is 4.79 Å². The Bertz CT molecular complexity index is 731. The fourth-order valence-corrected chi connectivity index (χ4v) is 3.45. The van der Waals surface area contributed by atoms with Crippen LogP contribution in [0.15, 0.2) is 30.6 Å². The highest BCUT2D eigenvalue weighted by atomic mass is 16.1. The summed E-state index contributed by atoms with van der Waals surface area (Å²) in [4.78, 5) is 19.5. The maximum atomic E-state index is 12.8. The smallest absolute Gasteiger partial charge is 0.260 e. The van der Waals surface area contributed by atoms with E-state index >= 15 is 0 Å². The molecule has 1 aliphatic carbocycles. The minimum atomic E-state index is -0.116. The average molecular weight is 325 g/mol. The van der Waals surface area contributed by atoms with Gasteiger partial charge in [-0.05, 0) is 50.7 Å². The van der Waals surface area contributed by atoms with Crippen LogP contribution in [0.3, 0.4) is 0 Å². The number of amides is 1. The lowest BCUT2D eigenvalue weighted by atomic mass is 10.2. The van der Waals surface area contributed by atoms with Gasteiger partial charge in [0, 0.05) is 25.4 Å². The Morgan fingerprint density at radius 3 is 2.79 bits per heavy atom. The van der Waals surface area contributed by atoms with E-state index in [-0.39, 0.29) is 5.91 Å². The van der Waals surface area contributed by atoms with Gasteiger partial charge < -0.3 is 10.2 Å². The standard InChI is InChI=1S/C18H23N5O/c1-13(14-6-7-14)23-16(8-10-20-23)21-18(24)15-5-4-9-19-17(15)22-11-2-3-12-22/h4-5,8-10,13-14H,2-3,6-7,11-12H2,1H3,(H,21,24). The van der Waals surface area contributed by atoms with Crippen molar-refractivity contribution in [1.82, 2.24) is 14.8 Å². The Morgan fingerprint density at radius 1 is 1.25 bits per heavy atom. The molecule has 24 heavy (non-hydrogen) atoms. The van der Waals surface area contributed by atoms with Crippen LogP contribution in [0.5, 0.6) is 0 Å². The van der Waals surface area contributed by atoms with Gasteiger partial charge in [-0.15, -0.1) is 0 Å². The molecule has 1 aliphatic heterocycles. The molecular formula is C18H23N5O. The zero-order valence-corrected chi connectivity index (χ0v) is 14.0. The summed E-state index contributed by atoms with van der Waals surface area (Å²) in [6.07, 6.45) is 8.31. The molecular weight excluding hydrogens is 302 g/mol. The number of pyridine rings is 1. The van der Waals surface area contributed by atoms with Gasteiger partial charge in [-0.2, -0.15) is 5.10 Å². The van der Waals surface area contributed by atoms with Crippen LogP contribution in [0.4, 0.5) is 11.6 Å². The number of nitrogens with zero attached hydrogens (tertiary/aromatic N) is 4. The SMILES string of the molecule is CC(C1CC1)n1nccc1NC(=O)c1cccnc1N1CCCC1. The maximum Gasteiger partial charge on any atom is 0.260 e. The first-order chi connectivity index (χ1) is 11.7. The summed E-state index contributed by atoms with van der Waals surface area (Å²) in [5.74, 6) is 2.11. The molecule has 6 nitrogen and oxygen atoms in total. The highest BCUT2D eigenvalue weighted by Crippen LogP contribution is 2.40. The van der Waals surface area contributed by atoms with Gasteiger partial charge in [-0.3, -0.25) is 4.79 Å². The molecule has 2 fully saturated rings. The minimum absolute atomic E-state index is 0.116. The highest BCUT2D eigenvalue weighted by Gasteiger charge is 2.31. The Hall–Kier alpha value is -2.37. The summed E-state index contributed by atoms with van der Waals surface area (Å²) >= 11 is 0. The number of rotatable bonds is 5. The van der Waals surface area contributed by atoms with Crippen LogP contribution < -0.4 is 10.2 Å². The van der Waals surface area contributed by atoms with Gasteiger partial charge >= 0.3 is 0 Å². The molecule has 1 atom stereocenters. The van der Waals surface area contributed by atoms with Crippen molar-refractivity contribution in [3.8, 4) is 0 Å². The molecule has 2 aliphatic rings. The zero-order valence-electron chi connectivity index (χ0n) is 14.0. The van der Waals surface area contributed by atoms with Gasteiger partial charge in [0.15, 0.2) is 0 Å². The van der Waals surface area contributed by atoms with Crippen molar-refractivity contribution in [3.63, 3.8) is 0 Å². The van der Waals surface area contributed by atoms with E-state index in [1.807, 2.05) is 22.9 Å². The van der Waals surface area contributed by atoms with E-state index < -0.39 is 0 Å². The topological polar surface area (TPSA) is 63.1 Å². The largest absolute Gasteiger partial charge is 0.356 e. The maximum absolute atomic E-state index is 12.8. The van der Waals surface area contributed by atoms with E-state index in [9.17, 15) is 4.79 Å². The Labute approximate surface area is 141 Å². The molecule has 0 radical (unpaired) electrons.